The highest BCUT2D eigenvalue weighted by molar-refractivity contribution is 5.80. The van der Waals surface area contributed by atoms with Crippen molar-refractivity contribution in [2.24, 2.45) is 5.73 Å². The molecule has 1 heterocycles. The summed E-state index contributed by atoms with van der Waals surface area (Å²) in [6.45, 7) is 1.97. The Morgan fingerprint density at radius 1 is 1.23 bits per heavy atom. The van der Waals surface area contributed by atoms with Crippen molar-refractivity contribution in [2.45, 2.75) is 31.3 Å². The third-order valence-corrected chi connectivity index (χ3v) is 4.43. The number of nitrogens with one attached hydrogen (secondary N) is 1. The number of hydrogen-bond donors (Lipinski definition) is 2. The van der Waals surface area contributed by atoms with E-state index < -0.39 is 6.04 Å². The van der Waals surface area contributed by atoms with E-state index in [1.165, 1.54) is 6.07 Å². The number of primary amides is 1. The molecule has 0 saturated heterocycles. The van der Waals surface area contributed by atoms with E-state index in [4.69, 9.17) is 5.73 Å². The quantitative estimate of drug-likeness (QED) is 0.915. The number of halogens is 1. The Kier molecular flexibility index (Phi) is 3.94. The molecule has 1 aliphatic heterocycles. The minimum absolute atomic E-state index is 0.107. The second-order valence-corrected chi connectivity index (χ2v) is 5.81. The van der Waals surface area contributed by atoms with Crippen LogP contribution < -0.4 is 11.1 Å². The van der Waals surface area contributed by atoms with Gasteiger partial charge in [-0.25, -0.2) is 4.39 Å². The number of benzene rings is 2. The van der Waals surface area contributed by atoms with Gasteiger partial charge in [-0.1, -0.05) is 49.4 Å². The summed E-state index contributed by atoms with van der Waals surface area (Å²) in [5.41, 5.74) is 8.32. The molecule has 22 heavy (non-hydrogen) atoms. The second-order valence-electron chi connectivity index (χ2n) is 5.81. The van der Waals surface area contributed by atoms with Crippen molar-refractivity contribution < 1.29 is 9.18 Å². The van der Waals surface area contributed by atoms with Crippen LogP contribution in [0, 0.1) is 5.82 Å². The highest BCUT2D eigenvalue weighted by Crippen LogP contribution is 2.36. The summed E-state index contributed by atoms with van der Waals surface area (Å²) in [6.07, 6.45) is 0.575. The molecule has 3 N–H and O–H groups in total. The zero-order chi connectivity index (χ0) is 15.7. The number of fused-ring (bicyclic) bond motifs is 1. The summed E-state index contributed by atoms with van der Waals surface area (Å²) >= 11 is 0. The number of amides is 1. The molecule has 4 heteroatoms. The van der Waals surface area contributed by atoms with Crippen molar-refractivity contribution >= 4 is 5.91 Å². The summed E-state index contributed by atoms with van der Waals surface area (Å²) < 4.78 is 14.1. The van der Waals surface area contributed by atoms with E-state index in [0.29, 0.717) is 12.0 Å². The lowest BCUT2D eigenvalue weighted by Crippen LogP contribution is -2.49. The Hall–Kier alpha value is -2.20. The fraction of sp³-hybridized carbons (Fsp3) is 0.278. The van der Waals surface area contributed by atoms with Gasteiger partial charge in [-0.2, -0.15) is 0 Å². The van der Waals surface area contributed by atoms with Crippen LogP contribution >= 0.6 is 0 Å². The van der Waals surface area contributed by atoms with Gasteiger partial charge >= 0.3 is 0 Å². The Balaban J connectivity index is 2.01. The maximum absolute atomic E-state index is 14.1. The Morgan fingerprint density at radius 3 is 2.64 bits per heavy atom. The summed E-state index contributed by atoms with van der Waals surface area (Å²) in [5.74, 6) is -0.708. The third kappa shape index (κ3) is 2.62. The molecule has 2 aromatic rings. The van der Waals surface area contributed by atoms with Gasteiger partial charge in [0, 0.05) is 12.0 Å². The summed E-state index contributed by atoms with van der Waals surface area (Å²) in [7, 11) is 0. The summed E-state index contributed by atoms with van der Waals surface area (Å²) in [5, 5.41) is 3.29. The van der Waals surface area contributed by atoms with Crippen LogP contribution in [0.2, 0.25) is 0 Å². The number of rotatable bonds is 3. The Morgan fingerprint density at radius 2 is 1.91 bits per heavy atom. The number of carbonyl (C=O) groups excluding carboxylic acids is 1. The molecule has 3 nitrogen and oxygen atoms in total. The SMILES string of the molecule is C[C@H](c1ccccc1F)C1NC(C(N)=O)Cc2ccccc21. The third-order valence-electron chi connectivity index (χ3n) is 4.43. The zero-order valence-corrected chi connectivity index (χ0v) is 12.4. The molecule has 2 unspecified atom stereocenters. The Bertz CT molecular complexity index is 701. The molecule has 1 aliphatic rings. The summed E-state index contributed by atoms with van der Waals surface area (Å²) in [6, 6.07) is 14.2. The van der Waals surface area contributed by atoms with Crippen LogP contribution in [-0.4, -0.2) is 11.9 Å². The fourth-order valence-corrected chi connectivity index (χ4v) is 3.23. The lowest BCUT2D eigenvalue weighted by atomic mass is 9.81. The van der Waals surface area contributed by atoms with Gasteiger partial charge in [0.1, 0.15) is 5.82 Å². The van der Waals surface area contributed by atoms with Crippen molar-refractivity contribution in [2.75, 3.05) is 0 Å². The molecule has 1 amide bonds. The second kappa shape index (κ2) is 5.89. The summed E-state index contributed by atoms with van der Waals surface area (Å²) in [4.78, 5) is 11.6. The molecule has 2 aromatic carbocycles. The Labute approximate surface area is 129 Å². The molecule has 0 fully saturated rings. The van der Waals surface area contributed by atoms with Crippen molar-refractivity contribution in [3.8, 4) is 0 Å². The minimum Gasteiger partial charge on any atom is -0.368 e. The molecule has 3 rings (SSSR count). The van der Waals surface area contributed by atoms with E-state index in [1.807, 2.05) is 37.3 Å². The number of carbonyl (C=O) groups is 1. The van der Waals surface area contributed by atoms with Crippen molar-refractivity contribution in [1.82, 2.24) is 5.32 Å². The molecule has 0 bridgehead atoms. The van der Waals surface area contributed by atoms with Crippen molar-refractivity contribution in [3.05, 3.63) is 71.0 Å². The predicted octanol–water partition coefficient (Wildman–Crippen LogP) is 2.67. The molecule has 0 aromatic heterocycles. The maximum Gasteiger partial charge on any atom is 0.234 e. The first-order chi connectivity index (χ1) is 10.6. The molecule has 114 valence electrons. The van der Waals surface area contributed by atoms with Gasteiger partial charge in [0.2, 0.25) is 5.91 Å². The lowest BCUT2D eigenvalue weighted by Gasteiger charge is -2.35. The first kappa shape index (κ1) is 14.7. The topological polar surface area (TPSA) is 55.1 Å². The van der Waals surface area contributed by atoms with Crippen molar-refractivity contribution in [3.63, 3.8) is 0 Å². The average Bonchev–Trinajstić information content (AvgIpc) is 2.53. The first-order valence-electron chi connectivity index (χ1n) is 7.45. The van der Waals surface area contributed by atoms with Gasteiger partial charge in [0.25, 0.3) is 0 Å². The maximum atomic E-state index is 14.1. The highest BCUT2D eigenvalue weighted by Gasteiger charge is 2.33. The average molecular weight is 298 g/mol. The first-order valence-corrected chi connectivity index (χ1v) is 7.45. The van der Waals surface area contributed by atoms with Crippen LogP contribution in [0.4, 0.5) is 4.39 Å². The smallest absolute Gasteiger partial charge is 0.234 e. The molecule has 3 atom stereocenters. The van der Waals surface area contributed by atoms with E-state index >= 15 is 0 Å². The number of hydrogen-bond acceptors (Lipinski definition) is 2. The van der Waals surface area contributed by atoms with Crippen LogP contribution in [0.3, 0.4) is 0 Å². The molecule has 0 aliphatic carbocycles. The van der Waals surface area contributed by atoms with E-state index in [-0.39, 0.29) is 23.7 Å². The van der Waals surface area contributed by atoms with Crippen LogP contribution in [0.5, 0.6) is 0 Å². The monoisotopic (exact) mass is 298 g/mol. The van der Waals surface area contributed by atoms with Crippen LogP contribution in [0.1, 0.15) is 35.6 Å². The van der Waals surface area contributed by atoms with Gasteiger partial charge in [-0.3, -0.25) is 10.1 Å². The van der Waals surface area contributed by atoms with E-state index in [2.05, 4.69) is 5.32 Å². The van der Waals surface area contributed by atoms with E-state index in [9.17, 15) is 9.18 Å². The van der Waals surface area contributed by atoms with Crippen LogP contribution in [-0.2, 0) is 11.2 Å². The van der Waals surface area contributed by atoms with Crippen molar-refractivity contribution in [1.29, 1.82) is 0 Å². The van der Waals surface area contributed by atoms with Crippen LogP contribution in [0.15, 0.2) is 48.5 Å². The highest BCUT2D eigenvalue weighted by atomic mass is 19.1. The normalized spacial score (nSPS) is 21.9. The zero-order valence-electron chi connectivity index (χ0n) is 12.4. The minimum atomic E-state index is -0.422. The molecular weight excluding hydrogens is 279 g/mol. The fourth-order valence-electron chi connectivity index (χ4n) is 3.23. The lowest BCUT2D eigenvalue weighted by molar-refractivity contribution is -0.120. The van der Waals surface area contributed by atoms with E-state index in [1.54, 1.807) is 12.1 Å². The van der Waals surface area contributed by atoms with Crippen LogP contribution in [0.25, 0.3) is 0 Å². The van der Waals surface area contributed by atoms with Gasteiger partial charge in [-0.15, -0.1) is 0 Å². The van der Waals surface area contributed by atoms with Gasteiger partial charge in [0.15, 0.2) is 0 Å². The standard InChI is InChI=1S/C18H19FN2O/c1-11(13-7-4-5-9-15(13)19)17-14-8-3-2-6-12(14)10-16(21-17)18(20)22/h2-9,11,16-17,21H,10H2,1H3,(H2,20,22)/t11-,16?,17?/m1/s1. The van der Waals surface area contributed by atoms with Gasteiger partial charge < -0.3 is 5.73 Å². The van der Waals surface area contributed by atoms with Gasteiger partial charge in [0.05, 0.1) is 6.04 Å². The molecular formula is C18H19FN2O. The predicted molar refractivity (Wildman–Crippen MR) is 83.8 cm³/mol. The number of nitrogens with two attached hydrogens (primary N) is 1. The molecule has 0 spiro atoms. The molecule has 0 radical (unpaired) electrons. The molecule has 0 saturated carbocycles. The van der Waals surface area contributed by atoms with Gasteiger partial charge in [-0.05, 0) is 29.2 Å². The largest absolute Gasteiger partial charge is 0.368 e. The van der Waals surface area contributed by atoms with E-state index in [0.717, 1.165) is 11.1 Å².